The summed E-state index contributed by atoms with van der Waals surface area (Å²) in [6.45, 7) is 7.15. The van der Waals surface area contributed by atoms with Crippen molar-refractivity contribution in [3.05, 3.63) is 18.0 Å². The molecular weight excluding hydrogens is 344 g/mol. The normalized spacial score (nSPS) is 24.1. The molecule has 2 heterocycles. The fraction of sp³-hybridized carbons (Fsp3) is 0.750. The number of rotatable bonds is 7. The van der Waals surface area contributed by atoms with Crippen molar-refractivity contribution in [2.75, 3.05) is 26.2 Å². The summed E-state index contributed by atoms with van der Waals surface area (Å²) < 4.78 is 4.76. The minimum absolute atomic E-state index is 0.0395. The van der Waals surface area contributed by atoms with Crippen molar-refractivity contribution in [1.29, 1.82) is 0 Å². The van der Waals surface area contributed by atoms with E-state index >= 15 is 0 Å². The Morgan fingerprint density at radius 3 is 2.63 bits per heavy atom. The van der Waals surface area contributed by atoms with Gasteiger partial charge in [0.05, 0.1) is 6.04 Å². The number of carbonyl (C=O) groups excluding carboxylic acids is 2. The van der Waals surface area contributed by atoms with E-state index in [1.54, 1.807) is 6.07 Å². The van der Waals surface area contributed by atoms with Crippen molar-refractivity contribution in [2.45, 2.75) is 64.5 Å². The summed E-state index contributed by atoms with van der Waals surface area (Å²) >= 11 is 0. The van der Waals surface area contributed by atoms with Gasteiger partial charge in [-0.2, -0.15) is 0 Å². The summed E-state index contributed by atoms with van der Waals surface area (Å²) in [5.74, 6) is 0.618. The van der Waals surface area contributed by atoms with Gasteiger partial charge in [-0.1, -0.05) is 24.4 Å². The minimum atomic E-state index is -0.234. The van der Waals surface area contributed by atoms with Crippen molar-refractivity contribution < 1.29 is 14.1 Å². The van der Waals surface area contributed by atoms with E-state index in [4.69, 9.17) is 4.52 Å². The summed E-state index contributed by atoms with van der Waals surface area (Å²) in [5.41, 5.74) is 0.285. The molecule has 0 radical (unpaired) electrons. The van der Waals surface area contributed by atoms with E-state index in [9.17, 15) is 9.59 Å². The van der Waals surface area contributed by atoms with Crippen LogP contribution in [0.1, 0.15) is 62.9 Å². The number of hydrogen-bond donors (Lipinski definition) is 1. The Morgan fingerprint density at radius 1 is 1.26 bits per heavy atom. The van der Waals surface area contributed by atoms with Gasteiger partial charge in [0.15, 0.2) is 5.69 Å². The van der Waals surface area contributed by atoms with Crippen LogP contribution in [0.15, 0.2) is 16.9 Å². The van der Waals surface area contributed by atoms with Crippen LogP contribution in [-0.2, 0) is 4.79 Å². The molecule has 0 bridgehead atoms. The molecule has 150 valence electrons. The molecule has 2 amide bonds. The van der Waals surface area contributed by atoms with E-state index in [-0.39, 0.29) is 29.6 Å². The van der Waals surface area contributed by atoms with E-state index < -0.39 is 0 Å². The zero-order valence-electron chi connectivity index (χ0n) is 16.5. The molecule has 1 aromatic rings. The van der Waals surface area contributed by atoms with Crippen LogP contribution >= 0.6 is 0 Å². The van der Waals surface area contributed by atoms with Gasteiger partial charge in [0, 0.05) is 38.3 Å². The van der Waals surface area contributed by atoms with Crippen LogP contribution in [0.5, 0.6) is 0 Å². The first-order chi connectivity index (χ1) is 13.1. The molecule has 0 aromatic carbocycles. The molecular formula is C20H32N4O3. The molecule has 1 saturated carbocycles. The topological polar surface area (TPSA) is 78.7 Å². The summed E-state index contributed by atoms with van der Waals surface area (Å²) in [5, 5.41) is 6.74. The van der Waals surface area contributed by atoms with Crippen LogP contribution in [0.3, 0.4) is 0 Å². The highest BCUT2D eigenvalue weighted by atomic mass is 16.5. The van der Waals surface area contributed by atoms with Gasteiger partial charge in [0.1, 0.15) is 6.26 Å². The first-order valence-electron chi connectivity index (χ1n) is 10.4. The molecule has 7 heteroatoms. The molecule has 2 aliphatic rings. The molecule has 1 aliphatic carbocycles. The molecule has 2 atom stereocenters. The molecule has 3 rings (SSSR count). The molecule has 27 heavy (non-hydrogen) atoms. The second-order valence-electron chi connectivity index (χ2n) is 7.78. The highest BCUT2D eigenvalue weighted by Gasteiger charge is 2.40. The Bertz CT molecular complexity index is 609. The molecule has 7 nitrogen and oxygen atoms in total. The minimum Gasteiger partial charge on any atom is -0.364 e. The highest BCUT2D eigenvalue weighted by Crippen LogP contribution is 2.28. The Balaban J connectivity index is 1.67. The first-order valence-corrected chi connectivity index (χ1v) is 10.4. The average molecular weight is 377 g/mol. The first kappa shape index (κ1) is 19.9. The average Bonchev–Trinajstić information content (AvgIpc) is 3.34. The van der Waals surface area contributed by atoms with Crippen molar-refractivity contribution in [1.82, 2.24) is 20.3 Å². The number of amides is 2. The maximum absolute atomic E-state index is 13.1. The third-order valence-corrected chi connectivity index (χ3v) is 5.99. The zero-order valence-corrected chi connectivity index (χ0v) is 16.5. The van der Waals surface area contributed by atoms with Gasteiger partial charge >= 0.3 is 0 Å². The van der Waals surface area contributed by atoms with E-state index in [1.807, 2.05) is 18.7 Å². The quantitative estimate of drug-likeness (QED) is 0.790. The smallest absolute Gasteiger partial charge is 0.273 e. The van der Waals surface area contributed by atoms with E-state index in [0.29, 0.717) is 12.3 Å². The predicted molar refractivity (Wildman–Crippen MR) is 102 cm³/mol. The summed E-state index contributed by atoms with van der Waals surface area (Å²) in [6.07, 6.45) is 8.46. The fourth-order valence-electron chi connectivity index (χ4n) is 4.50. The van der Waals surface area contributed by atoms with Crippen LogP contribution in [-0.4, -0.2) is 65.0 Å². The monoisotopic (exact) mass is 376 g/mol. The lowest BCUT2D eigenvalue weighted by molar-refractivity contribution is -0.135. The van der Waals surface area contributed by atoms with Crippen molar-refractivity contribution in [3.8, 4) is 0 Å². The van der Waals surface area contributed by atoms with Crippen molar-refractivity contribution in [2.24, 2.45) is 5.92 Å². The summed E-state index contributed by atoms with van der Waals surface area (Å²) in [7, 11) is 0. The number of hydrogen-bond acceptors (Lipinski definition) is 5. The molecule has 1 N–H and O–H groups in total. The number of nitrogens with one attached hydrogen (secondary N) is 1. The van der Waals surface area contributed by atoms with E-state index in [1.165, 1.54) is 38.4 Å². The Kier molecular flexibility index (Phi) is 6.88. The third-order valence-electron chi connectivity index (χ3n) is 5.99. The van der Waals surface area contributed by atoms with Crippen molar-refractivity contribution >= 4 is 11.8 Å². The SMILES string of the molecule is CCN(CC)C(=O)[C@@H]1C[C@@H](NC(=O)c2ccon2)CN1CC1CCCCC1. The molecule has 0 unspecified atom stereocenters. The Hall–Kier alpha value is -1.89. The third kappa shape index (κ3) is 4.89. The van der Waals surface area contributed by atoms with Crippen LogP contribution in [0.25, 0.3) is 0 Å². The van der Waals surface area contributed by atoms with Crippen molar-refractivity contribution in [3.63, 3.8) is 0 Å². The van der Waals surface area contributed by atoms with Crippen LogP contribution in [0.4, 0.5) is 0 Å². The molecule has 1 aromatic heterocycles. The zero-order chi connectivity index (χ0) is 19.2. The standard InChI is InChI=1S/C20H32N4O3/c1-3-23(4-2)20(26)18-12-16(21-19(25)17-10-11-27-22-17)14-24(18)13-15-8-6-5-7-9-15/h10-11,15-16,18H,3-9,12-14H2,1-2H3,(H,21,25)/t16-,18+/m1/s1. The summed E-state index contributed by atoms with van der Waals surface area (Å²) in [4.78, 5) is 29.6. The molecule has 1 aliphatic heterocycles. The number of likely N-dealkylation sites (tertiary alicyclic amines) is 1. The van der Waals surface area contributed by atoms with Gasteiger partial charge in [0.25, 0.3) is 5.91 Å². The molecule has 0 spiro atoms. The van der Waals surface area contributed by atoms with Gasteiger partial charge in [-0.15, -0.1) is 0 Å². The van der Waals surface area contributed by atoms with Crippen LogP contribution in [0, 0.1) is 5.92 Å². The maximum atomic E-state index is 13.1. The largest absolute Gasteiger partial charge is 0.364 e. The van der Waals surface area contributed by atoms with E-state index in [2.05, 4.69) is 15.4 Å². The van der Waals surface area contributed by atoms with Gasteiger partial charge in [-0.05, 0) is 39.0 Å². The second-order valence-corrected chi connectivity index (χ2v) is 7.78. The number of likely N-dealkylation sites (N-methyl/N-ethyl adjacent to an activating group) is 1. The highest BCUT2D eigenvalue weighted by molar-refractivity contribution is 5.92. The Labute approximate surface area is 161 Å². The number of nitrogens with zero attached hydrogens (tertiary/aromatic N) is 3. The predicted octanol–water partition coefficient (Wildman–Crippen LogP) is 2.30. The lowest BCUT2D eigenvalue weighted by atomic mass is 9.89. The van der Waals surface area contributed by atoms with Gasteiger partial charge in [-0.25, -0.2) is 0 Å². The van der Waals surface area contributed by atoms with Gasteiger partial charge in [-0.3, -0.25) is 14.5 Å². The fourth-order valence-corrected chi connectivity index (χ4v) is 4.50. The summed E-state index contributed by atoms with van der Waals surface area (Å²) in [6, 6.07) is 1.37. The number of aromatic nitrogens is 1. The lowest BCUT2D eigenvalue weighted by Gasteiger charge is -2.32. The lowest BCUT2D eigenvalue weighted by Crippen LogP contribution is -2.47. The maximum Gasteiger partial charge on any atom is 0.273 e. The van der Waals surface area contributed by atoms with Gasteiger partial charge in [0.2, 0.25) is 5.91 Å². The molecule has 1 saturated heterocycles. The molecule has 2 fully saturated rings. The second kappa shape index (κ2) is 9.35. The van der Waals surface area contributed by atoms with E-state index in [0.717, 1.165) is 26.2 Å². The van der Waals surface area contributed by atoms with Crippen LogP contribution < -0.4 is 5.32 Å². The van der Waals surface area contributed by atoms with Crippen LogP contribution in [0.2, 0.25) is 0 Å². The number of carbonyl (C=O) groups is 2. The van der Waals surface area contributed by atoms with Gasteiger partial charge < -0.3 is 14.7 Å². The Morgan fingerprint density at radius 2 is 2.00 bits per heavy atom.